The maximum atomic E-state index is 12.1. The standard InChI is InChI=1S/C12H12BrNO3S2/c1-8-2-3-10(5-11(8)13)14-19(16,17)12-4-9(6-15)7-18-12/h2-5,7,14-15H,6H2,1H3. The van der Waals surface area contributed by atoms with Crippen molar-refractivity contribution in [1.82, 2.24) is 0 Å². The summed E-state index contributed by atoms with van der Waals surface area (Å²) in [6.45, 7) is 1.76. The second-order valence-electron chi connectivity index (χ2n) is 4.00. The van der Waals surface area contributed by atoms with Crippen molar-refractivity contribution in [2.75, 3.05) is 4.72 Å². The predicted molar refractivity (Wildman–Crippen MR) is 79.9 cm³/mol. The lowest BCUT2D eigenvalue weighted by Gasteiger charge is -2.07. The lowest BCUT2D eigenvalue weighted by molar-refractivity contribution is 0.282. The van der Waals surface area contributed by atoms with Gasteiger partial charge in [0, 0.05) is 10.2 Å². The molecule has 4 nitrogen and oxygen atoms in total. The molecule has 0 radical (unpaired) electrons. The van der Waals surface area contributed by atoms with E-state index in [1.807, 2.05) is 13.0 Å². The van der Waals surface area contributed by atoms with Gasteiger partial charge in [-0.1, -0.05) is 22.0 Å². The number of halogens is 1. The van der Waals surface area contributed by atoms with Crippen molar-refractivity contribution >= 4 is 43.0 Å². The second-order valence-corrected chi connectivity index (χ2v) is 7.68. The minimum Gasteiger partial charge on any atom is -0.392 e. The Hall–Kier alpha value is -0.890. The Morgan fingerprint density at radius 2 is 2.11 bits per heavy atom. The van der Waals surface area contributed by atoms with E-state index in [2.05, 4.69) is 20.7 Å². The Labute approximate surface area is 124 Å². The monoisotopic (exact) mass is 361 g/mol. The first-order chi connectivity index (χ1) is 8.92. The van der Waals surface area contributed by atoms with Crippen LogP contribution in [0, 0.1) is 6.92 Å². The molecule has 0 saturated heterocycles. The molecule has 19 heavy (non-hydrogen) atoms. The van der Waals surface area contributed by atoms with Gasteiger partial charge in [-0.3, -0.25) is 4.72 Å². The van der Waals surface area contributed by atoms with Crippen LogP contribution in [0.25, 0.3) is 0 Å². The van der Waals surface area contributed by atoms with Crippen LogP contribution in [0.5, 0.6) is 0 Å². The first-order valence-corrected chi connectivity index (χ1v) is 8.55. The number of benzene rings is 1. The third kappa shape index (κ3) is 3.36. The van der Waals surface area contributed by atoms with Gasteiger partial charge < -0.3 is 5.11 Å². The Balaban J connectivity index is 2.28. The van der Waals surface area contributed by atoms with Crippen LogP contribution in [0.1, 0.15) is 11.1 Å². The van der Waals surface area contributed by atoms with E-state index < -0.39 is 10.0 Å². The number of nitrogens with one attached hydrogen (secondary N) is 1. The topological polar surface area (TPSA) is 66.4 Å². The molecule has 0 aliphatic rings. The number of aliphatic hydroxyl groups is 1. The highest BCUT2D eigenvalue weighted by atomic mass is 79.9. The molecule has 0 bridgehead atoms. The highest BCUT2D eigenvalue weighted by Gasteiger charge is 2.17. The van der Waals surface area contributed by atoms with Crippen molar-refractivity contribution < 1.29 is 13.5 Å². The summed E-state index contributed by atoms with van der Waals surface area (Å²) in [6.07, 6.45) is 0. The van der Waals surface area contributed by atoms with Gasteiger partial charge in [-0.15, -0.1) is 11.3 Å². The first kappa shape index (κ1) is 14.5. The smallest absolute Gasteiger partial charge is 0.271 e. The highest BCUT2D eigenvalue weighted by molar-refractivity contribution is 9.10. The minimum atomic E-state index is -3.60. The number of rotatable bonds is 4. The number of anilines is 1. The third-order valence-corrected chi connectivity index (χ3v) is 6.23. The molecule has 0 aliphatic heterocycles. The van der Waals surface area contributed by atoms with Gasteiger partial charge in [0.15, 0.2) is 0 Å². The van der Waals surface area contributed by atoms with Crippen molar-refractivity contribution in [3.63, 3.8) is 0 Å². The number of hydrogen-bond donors (Lipinski definition) is 2. The van der Waals surface area contributed by atoms with Crippen molar-refractivity contribution in [3.8, 4) is 0 Å². The number of aryl methyl sites for hydroxylation is 1. The molecule has 0 amide bonds. The van der Waals surface area contributed by atoms with Crippen molar-refractivity contribution in [1.29, 1.82) is 0 Å². The molecule has 0 atom stereocenters. The fourth-order valence-corrected chi connectivity index (χ4v) is 4.07. The largest absolute Gasteiger partial charge is 0.392 e. The third-order valence-electron chi connectivity index (χ3n) is 2.50. The maximum Gasteiger partial charge on any atom is 0.271 e. The molecule has 7 heteroatoms. The molecular weight excluding hydrogens is 350 g/mol. The zero-order valence-electron chi connectivity index (χ0n) is 10.1. The Morgan fingerprint density at radius 3 is 2.68 bits per heavy atom. The zero-order valence-corrected chi connectivity index (χ0v) is 13.3. The van der Waals surface area contributed by atoms with E-state index in [4.69, 9.17) is 5.11 Å². The highest BCUT2D eigenvalue weighted by Crippen LogP contribution is 2.25. The van der Waals surface area contributed by atoms with E-state index in [9.17, 15) is 8.42 Å². The lowest BCUT2D eigenvalue weighted by Crippen LogP contribution is -2.11. The van der Waals surface area contributed by atoms with Gasteiger partial charge in [0.1, 0.15) is 4.21 Å². The second kappa shape index (κ2) is 5.62. The molecule has 0 fully saturated rings. The average molecular weight is 362 g/mol. The minimum absolute atomic E-state index is 0.165. The Bertz CT molecular complexity index is 695. The van der Waals surface area contributed by atoms with Crippen LogP contribution in [0.4, 0.5) is 5.69 Å². The van der Waals surface area contributed by atoms with E-state index in [-0.39, 0.29) is 10.8 Å². The SMILES string of the molecule is Cc1ccc(NS(=O)(=O)c2cc(CO)cs2)cc1Br. The quantitative estimate of drug-likeness (QED) is 0.878. The van der Waals surface area contributed by atoms with Gasteiger partial charge in [0.05, 0.1) is 6.61 Å². The zero-order chi connectivity index (χ0) is 14.0. The van der Waals surface area contributed by atoms with Crippen LogP contribution >= 0.6 is 27.3 Å². The number of sulfonamides is 1. The summed E-state index contributed by atoms with van der Waals surface area (Å²) in [4.78, 5) is 0. The van der Waals surface area contributed by atoms with Gasteiger partial charge in [0.2, 0.25) is 0 Å². The number of hydrogen-bond acceptors (Lipinski definition) is 4. The summed E-state index contributed by atoms with van der Waals surface area (Å²) in [7, 11) is -3.60. The van der Waals surface area contributed by atoms with E-state index in [0.29, 0.717) is 11.3 Å². The molecule has 0 spiro atoms. The van der Waals surface area contributed by atoms with E-state index in [1.54, 1.807) is 17.5 Å². The molecule has 2 rings (SSSR count). The number of aliphatic hydroxyl groups excluding tert-OH is 1. The van der Waals surface area contributed by atoms with E-state index in [1.165, 1.54) is 6.07 Å². The molecule has 1 aromatic carbocycles. The molecule has 1 aromatic heterocycles. The molecular formula is C12H12BrNO3S2. The van der Waals surface area contributed by atoms with Crippen molar-refractivity contribution in [3.05, 3.63) is 45.2 Å². The van der Waals surface area contributed by atoms with Crippen LogP contribution < -0.4 is 4.72 Å². The predicted octanol–water partition coefficient (Wildman–Crippen LogP) is 3.11. The molecule has 2 N–H and O–H groups in total. The van der Waals surface area contributed by atoms with Crippen LogP contribution in [-0.2, 0) is 16.6 Å². The molecule has 0 unspecified atom stereocenters. The lowest BCUT2D eigenvalue weighted by atomic mass is 10.2. The van der Waals surface area contributed by atoms with Gasteiger partial charge in [-0.2, -0.15) is 0 Å². The summed E-state index contributed by atoms with van der Waals surface area (Å²) in [5, 5.41) is 10.6. The summed E-state index contributed by atoms with van der Waals surface area (Å²) < 4.78 is 27.8. The average Bonchev–Trinajstić information content (AvgIpc) is 2.83. The maximum absolute atomic E-state index is 12.1. The summed E-state index contributed by atoms with van der Waals surface area (Å²) >= 11 is 4.45. The van der Waals surface area contributed by atoms with Crippen molar-refractivity contribution in [2.45, 2.75) is 17.7 Å². The van der Waals surface area contributed by atoms with Gasteiger partial charge in [-0.25, -0.2) is 8.42 Å². The normalized spacial score (nSPS) is 11.5. The van der Waals surface area contributed by atoms with Gasteiger partial charge in [-0.05, 0) is 41.6 Å². The molecule has 0 saturated carbocycles. The van der Waals surface area contributed by atoms with Crippen LogP contribution in [-0.4, -0.2) is 13.5 Å². The number of thiophene rings is 1. The molecule has 0 aliphatic carbocycles. The summed E-state index contributed by atoms with van der Waals surface area (Å²) in [5.41, 5.74) is 2.12. The Kier molecular flexibility index (Phi) is 4.29. The summed E-state index contributed by atoms with van der Waals surface area (Å²) in [5.74, 6) is 0. The fraction of sp³-hybridized carbons (Fsp3) is 0.167. The Morgan fingerprint density at radius 1 is 1.37 bits per heavy atom. The van der Waals surface area contributed by atoms with E-state index in [0.717, 1.165) is 21.4 Å². The summed E-state index contributed by atoms with van der Waals surface area (Å²) in [6, 6.07) is 6.72. The van der Waals surface area contributed by atoms with E-state index >= 15 is 0 Å². The molecule has 2 aromatic rings. The van der Waals surface area contributed by atoms with Crippen LogP contribution in [0.3, 0.4) is 0 Å². The van der Waals surface area contributed by atoms with Crippen LogP contribution in [0.15, 0.2) is 38.3 Å². The van der Waals surface area contributed by atoms with Crippen LogP contribution in [0.2, 0.25) is 0 Å². The van der Waals surface area contributed by atoms with Gasteiger partial charge in [0.25, 0.3) is 10.0 Å². The molecule has 1 heterocycles. The first-order valence-electron chi connectivity index (χ1n) is 5.39. The van der Waals surface area contributed by atoms with Crippen molar-refractivity contribution in [2.24, 2.45) is 0 Å². The molecule has 102 valence electrons. The van der Waals surface area contributed by atoms with Gasteiger partial charge >= 0.3 is 0 Å². The fourth-order valence-electron chi connectivity index (χ4n) is 1.44.